The lowest BCUT2D eigenvalue weighted by atomic mass is 10.1. The summed E-state index contributed by atoms with van der Waals surface area (Å²) in [6, 6.07) is 13.8. The number of nitrogens with zero attached hydrogens (tertiary/aromatic N) is 3. The van der Waals surface area contributed by atoms with Crippen molar-refractivity contribution in [2.24, 2.45) is 0 Å². The first-order valence-corrected chi connectivity index (χ1v) is 12.1. The molecular formula is C25H30ClN5O4. The minimum Gasteiger partial charge on any atom is -0.495 e. The topological polar surface area (TPSA) is 94.2 Å². The number of carbonyl (C=O) groups excluding carboxylic acids is 3. The van der Waals surface area contributed by atoms with Gasteiger partial charge < -0.3 is 25.2 Å². The average Bonchev–Trinajstić information content (AvgIpc) is 2.87. The highest BCUT2D eigenvalue weighted by atomic mass is 35.5. The molecule has 10 heteroatoms. The third-order valence-corrected chi connectivity index (χ3v) is 6.57. The van der Waals surface area contributed by atoms with E-state index in [-0.39, 0.29) is 30.7 Å². The fraction of sp³-hybridized carbons (Fsp3) is 0.400. The summed E-state index contributed by atoms with van der Waals surface area (Å²) in [5.41, 5.74) is 1.63. The molecule has 35 heavy (non-hydrogen) atoms. The predicted octanol–water partition coefficient (Wildman–Crippen LogP) is 1.83. The van der Waals surface area contributed by atoms with Gasteiger partial charge in [0.05, 0.1) is 25.8 Å². The third-order valence-electron chi connectivity index (χ3n) is 6.31. The van der Waals surface area contributed by atoms with Crippen LogP contribution in [0.15, 0.2) is 48.5 Å². The summed E-state index contributed by atoms with van der Waals surface area (Å²) >= 11 is 5.89. The smallest absolute Gasteiger partial charge is 0.243 e. The first-order chi connectivity index (χ1) is 16.9. The third kappa shape index (κ3) is 6.23. The lowest BCUT2D eigenvalue weighted by Gasteiger charge is -2.39. The highest BCUT2D eigenvalue weighted by molar-refractivity contribution is 6.30. The van der Waals surface area contributed by atoms with Crippen LogP contribution in [0.1, 0.15) is 6.42 Å². The van der Waals surface area contributed by atoms with Crippen molar-refractivity contribution in [3.05, 3.63) is 53.6 Å². The Bertz CT molecular complexity index is 1060. The van der Waals surface area contributed by atoms with Crippen molar-refractivity contribution >= 4 is 40.7 Å². The van der Waals surface area contributed by atoms with Crippen molar-refractivity contribution in [2.75, 3.05) is 63.1 Å². The quantitative estimate of drug-likeness (QED) is 0.603. The van der Waals surface area contributed by atoms with Crippen LogP contribution >= 0.6 is 11.6 Å². The van der Waals surface area contributed by atoms with E-state index in [4.69, 9.17) is 16.3 Å². The van der Waals surface area contributed by atoms with Gasteiger partial charge in [0.2, 0.25) is 17.7 Å². The summed E-state index contributed by atoms with van der Waals surface area (Å²) in [4.78, 5) is 44.2. The molecule has 2 heterocycles. The van der Waals surface area contributed by atoms with E-state index in [1.54, 1.807) is 31.4 Å². The van der Waals surface area contributed by atoms with E-state index in [2.05, 4.69) is 20.4 Å². The molecule has 2 fully saturated rings. The number of benzene rings is 2. The number of nitrogens with one attached hydrogen (secondary N) is 2. The fourth-order valence-electron chi connectivity index (χ4n) is 4.46. The largest absolute Gasteiger partial charge is 0.495 e. The summed E-state index contributed by atoms with van der Waals surface area (Å²) in [6.45, 7) is 3.92. The number of ether oxygens (including phenoxy) is 1. The van der Waals surface area contributed by atoms with Gasteiger partial charge in [0.15, 0.2) is 0 Å². The molecule has 0 saturated carbocycles. The van der Waals surface area contributed by atoms with Crippen LogP contribution in [0.5, 0.6) is 5.75 Å². The number of anilines is 2. The Balaban J connectivity index is 1.33. The molecule has 2 saturated heterocycles. The molecular weight excluding hydrogens is 470 g/mol. The van der Waals surface area contributed by atoms with Crippen LogP contribution < -0.4 is 20.3 Å². The second-order valence-electron chi connectivity index (χ2n) is 8.59. The minimum absolute atomic E-state index is 0.109. The molecule has 2 N–H and O–H groups in total. The molecule has 1 atom stereocenters. The molecule has 9 nitrogen and oxygen atoms in total. The maximum absolute atomic E-state index is 13.2. The van der Waals surface area contributed by atoms with Crippen LogP contribution in [-0.2, 0) is 14.4 Å². The lowest BCUT2D eigenvalue weighted by molar-refractivity contribution is -0.145. The number of amides is 3. The number of methoxy groups -OCH3 is 1. The van der Waals surface area contributed by atoms with Gasteiger partial charge in [0, 0.05) is 50.0 Å². The van der Waals surface area contributed by atoms with Gasteiger partial charge in [-0.25, -0.2) is 0 Å². The monoisotopic (exact) mass is 499 g/mol. The normalized spacial score (nSPS) is 18.7. The van der Waals surface area contributed by atoms with Crippen molar-refractivity contribution in [1.29, 1.82) is 0 Å². The molecule has 2 aliphatic rings. The minimum atomic E-state index is -0.835. The Morgan fingerprint density at radius 3 is 2.49 bits per heavy atom. The first-order valence-electron chi connectivity index (χ1n) is 11.7. The standard InChI is InChI=1S/C25H30ClN5O4/c1-35-22-5-3-2-4-20(22)30-14-12-29(13-15-30)17-24(33)31-11-10-27-25(34)21(31)16-23(32)28-19-8-6-18(26)7-9-19/h2-9,21H,10-17H2,1H3,(H,27,34)(H,28,32)/t21-/m0/s1. The number of carbonyl (C=O) groups is 3. The molecule has 186 valence electrons. The molecule has 0 bridgehead atoms. The molecule has 2 aromatic rings. The van der Waals surface area contributed by atoms with Crippen LogP contribution in [0.2, 0.25) is 5.02 Å². The van der Waals surface area contributed by atoms with Crippen LogP contribution in [-0.4, -0.2) is 86.5 Å². The maximum Gasteiger partial charge on any atom is 0.243 e. The molecule has 3 amide bonds. The van der Waals surface area contributed by atoms with Gasteiger partial charge >= 0.3 is 0 Å². The number of rotatable bonds is 7. The number of piperazine rings is 2. The molecule has 0 aromatic heterocycles. The van der Waals surface area contributed by atoms with Gasteiger partial charge in [-0.1, -0.05) is 23.7 Å². The van der Waals surface area contributed by atoms with Crippen molar-refractivity contribution in [2.45, 2.75) is 12.5 Å². The second kappa shape index (κ2) is 11.4. The van der Waals surface area contributed by atoms with Crippen LogP contribution in [0.25, 0.3) is 0 Å². The molecule has 0 unspecified atom stereocenters. The fourth-order valence-corrected chi connectivity index (χ4v) is 4.58. The summed E-state index contributed by atoms with van der Waals surface area (Å²) in [5, 5.41) is 6.10. The Morgan fingerprint density at radius 1 is 1.06 bits per heavy atom. The van der Waals surface area contributed by atoms with Crippen molar-refractivity contribution < 1.29 is 19.1 Å². The Labute approximate surface area is 210 Å². The van der Waals surface area contributed by atoms with Gasteiger partial charge in [-0.15, -0.1) is 0 Å². The van der Waals surface area contributed by atoms with Gasteiger partial charge in [-0.2, -0.15) is 0 Å². The zero-order chi connectivity index (χ0) is 24.8. The van der Waals surface area contributed by atoms with E-state index in [9.17, 15) is 14.4 Å². The van der Waals surface area contributed by atoms with E-state index < -0.39 is 6.04 Å². The maximum atomic E-state index is 13.2. The van der Waals surface area contributed by atoms with Crippen molar-refractivity contribution in [3.63, 3.8) is 0 Å². The Morgan fingerprint density at radius 2 is 1.77 bits per heavy atom. The molecule has 2 aliphatic heterocycles. The summed E-state index contributed by atoms with van der Waals surface area (Å²) in [7, 11) is 1.66. The van der Waals surface area contributed by atoms with Crippen molar-refractivity contribution in [1.82, 2.24) is 15.1 Å². The van der Waals surface area contributed by atoms with Crippen LogP contribution in [0.3, 0.4) is 0 Å². The highest BCUT2D eigenvalue weighted by Crippen LogP contribution is 2.28. The number of hydrogen-bond acceptors (Lipinski definition) is 6. The van der Waals surface area contributed by atoms with E-state index >= 15 is 0 Å². The zero-order valence-corrected chi connectivity index (χ0v) is 20.5. The predicted molar refractivity (Wildman–Crippen MR) is 135 cm³/mol. The molecule has 0 aliphatic carbocycles. The molecule has 4 rings (SSSR count). The van der Waals surface area contributed by atoms with Gasteiger partial charge in [-0.05, 0) is 36.4 Å². The van der Waals surface area contributed by atoms with Crippen LogP contribution in [0, 0.1) is 0 Å². The first kappa shape index (κ1) is 24.8. The Hall–Kier alpha value is -3.30. The van der Waals surface area contributed by atoms with E-state index in [1.807, 2.05) is 24.3 Å². The molecule has 2 aromatic carbocycles. The van der Waals surface area contributed by atoms with E-state index in [0.29, 0.717) is 36.9 Å². The average molecular weight is 500 g/mol. The zero-order valence-electron chi connectivity index (χ0n) is 19.7. The van der Waals surface area contributed by atoms with Gasteiger partial charge in [0.1, 0.15) is 11.8 Å². The molecule has 0 radical (unpaired) electrons. The summed E-state index contributed by atoms with van der Waals surface area (Å²) < 4.78 is 5.47. The van der Waals surface area contributed by atoms with Gasteiger partial charge in [-0.3, -0.25) is 19.3 Å². The lowest BCUT2D eigenvalue weighted by Crippen LogP contribution is -2.60. The summed E-state index contributed by atoms with van der Waals surface area (Å²) in [6.07, 6.45) is -0.109. The van der Waals surface area contributed by atoms with Crippen LogP contribution in [0.4, 0.5) is 11.4 Å². The van der Waals surface area contributed by atoms with Crippen molar-refractivity contribution in [3.8, 4) is 5.75 Å². The number of hydrogen-bond donors (Lipinski definition) is 2. The number of para-hydroxylation sites is 2. The highest BCUT2D eigenvalue weighted by Gasteiger charge is 2.35. The van der Waals surface area contributed by atoms with Gasteiger partial charge in [0.25, 0.3) is 0 Å². The Kier molecular flexibility index (Phi) is 8.09. The SMILES string of the molecule is COc1ccccc1N1CCN(CC(=O)N2CCNC(=O)[C@@H]2CC(=O)Nc2ccc(Cl)cc2)CC1. The summed E-state index contributed by atoms with van der Waals surface area (Å²) in [5.74, 6) is 0.0420. The molecule has 0 spiro atoms. The van der Waals surface area contributed by atoms with E-state index in [1.165, 1.54) is 4.90 Å². The number of halogens is 1. The second-order valence-corrected chi connectivity index (χ2v) is 9.02. The van der Waals surface area contributed by atoms with E-state index in [0.717, 1.165) is 24.5 Å².